The first-order chi connectivity index (χ1) is 27.4. The summed E-state index contributed by atoms with van der Waals surface area (Å²) in [4.78, 5) is 70.5. The highest BCUT2D eigenvalue weighted by molar-refractivity contribution is 5.91. The number of nitrogens with zero attached hydrogens (tertiary/aromatic N) is 4. The van der Waals surface area contributed by atoms with Gasteiger partial charge in [-0.25, -0.2) is 19.6 Å². The van der Waals surface area contributed by atoms with Crippen LogP contribution in [0.2, 0.25) is 0 Å². The summed E-state index contributed by atoms with van der Waals surface area (Å²) in [6.45, 7) is 8.78. The van der Waals surface area contributed by atoms with Gasteiger partial charge in [0, 0.05) is 18.7 Å². The van der Waals surface area contributed by atoms with Gasteiger partial charge in [-0.2, -0.15) is 0 Å². The molecule has 4 atom stereocenters. The number of fused-ring (bicyclic) bond motifs is 1. The van der Waals surface area contributed by atoms with Crippen molar-refractivity contribution in [3.63, 3.8) is 0 Å². The zero-order valence-electron chi connectivity index (χ0n) is 33.2. The Balaban J connectivity index is 1.01. The number of imidazole rings is 2. The van der Waals surface area contributed by atoms with E-state index in [0.29, 0.717) is 13.1 Å². The van der Waals surface area contributed by atoms with Crippen LogP contribution in [0.3, 0.4) is 0 Å². The van der Waals surface area contributed by atoms with Crippen LogP contribution in [0.25, 0.3) is 44.4 Å². The molecule has 0 bridgehead atoms. The number of alkyl carbamates (subject to hydrolysis) is 2. The largest absolute Gasteiger partial charge is 0.453 e. The molecule has 3 aromatic carbocycles. The van der Waals surface area contributed by atoms with Crippen molar-refractivity contribution >= 4 is 34.8 Å². The maximum absolute atomic E-state index is 13.5. The number of hydrogen-bond donors (Lipinski definition) is 4. The minimum Gasteiger partial charge on any atom is -0.453 e. The third-order valence-electron chi connectivity index (χ3n) is 11.1. The summed E-state index contributed by atoms with van der Waals surface area (Å²) in [5.41, 5.74) is 5.87. The molecule has 0 spiro atoms. The number of carbonyl (C=O) groups is 4. The van der Waals surface area contributed by atoms with Crippen molar-refractivity contribution in [2.24, 2.45) is 11.8 Å². The molecule has 2 aliphatic rings. The van der Waals surface area contributed by atoms with E-state index >= 15 is 0 Å². The second-order valence-corrected chi connectivity index (χ2v) is 15.5. The predicted molar refractivity (Wildman–Crippen MR) is 216 cm³/mol. The number of ether oxygens (including phenoxy) is 2. The SMILES string of the molecule is COC(=O)N[C@H](C(=O)N1CCC1c1ncc(-c2ccc3cc(-c4ccc(-c5cnc([C@@H]6CCCN6C(=O)[C@@H](NC(=O)OC)C(C)C)[nH]5)cc4)ccc3c2)[nH]1)C(C)C. The highest BCUT2D eigenvalue weighted by atomic mass is 16.5. The number of rotatable bonds is 11. The number of benzene rings is 3. The first-order valence-electron chi connectivity index (χ1n) is 19.5. The minimum atomic E-state index is -0.686. The fourth-order valence-corrected chi connectivity index (χ4v) is 7.75. The first kappa shape index (κ1) is 39.1. The van der Waals surface area contributed by atoms with Gasteiger partial charge in [-0.15, -0.1) is 0 Å². The fraction of sp³-hybridized carbons (Fsp3) is 0.395. The molecule has 0 saturated carbocycles. The monoisotopic (exact) mass is 774 g/mol. The third kappa shape index (κ3) is 8.07. The number of hydrogen-bond acceptors (Lipinski definition) is 8. The standard InChI is InChI=1S/C43H50N8O6/c1-24(2)36(48-42(54)56-5)40(52)50-18-7-8-34(50)38-44-22-32(46-38)27-11-9-26(10-12-27)28-13-14-30-21-31(16-15-29(30)20-28)33-23-45-39(47-33)35-17-19-51(35)41(53)37(25(3)4)49-43(55)57-6/h9-16,20-25,34-37H,7-8,17-19H2,1-6H3,(H,44,46)(H,45,47)(H,48,54)(H,49,55)/t34-,35?,36-,37-/m0/s1. The molecular formula is C43H50N8O6. The van der Waals surface area contributed by atoms with Crippen LogP contribution in [0.5, 0.6) is 0 Å². The molecule has 0 radical (unpaired) electrons. The quantitative estimate of drug-likeness (QED) is 0.111. The van der Waals surface area contributed by atoms with Gasteiger partial charge in [0.1, 0.15) is 23.7 Å². The maximum atomic E-state index is 13.5. The van der Waals surface area contributed by atoms with E-state index in [4.69, 9.17) is 9.47 Å². The van der Waals surface area contributed by atoms with Crippen LogP contribution in [0, 0.1) is 11.8 Å². The second-order valence-electron chi connectivity index (χ2n) is 15.5. The van der Waals surface area contributed by atoms with Gasteiger partial charge in [0.05, 0.1) is 50.1 Å². The number of methoxy groups -OCH3 is 2. The van der Waals surface area contributed by atoms with Gasteiger partial charge in [0.25, 0.3) is 0 Å². The van der Waals surface area contributed by atoms with E-state index in [0.717, 1.165) is 75.3 Å². The van der Waals surface area contributed by atoms with Crippen molar-refractivity contribution in [3.05, 3.63) is 84.7 Å². The Bertz CT molecular complexity index is 2260. The van der Waals surface area contributed by atoms with Crippen molar-refractivity contribution in [1.82, 2.24) is 40.4 Å². The lowest BCUT2D eigenvalue weighted by Crippen LogP contribution is -2.56. The summed E-state index contributed by atoms with van der Waals surface area (Å²) < 4.78 is 9.49. The molecule has 4 heterocycles. The zero-order chi connectivity index (χ0) is 40.4. The number of nitrogens with one attached hydrogen (secondary N) is 4. The molecule has 0 aliphatic carbocycles. The van der Waals surface area contributed by atoms with Crippen molar-refractivity contribution in [3.8, 4) is 33.6 Å². The number of likely N-dealkylation sites (tertiary alicyclic amines) is 2. The summed E-state index contributed by atoms with van der Waals surface area (Å²) in [6.07, 6.45) is 4.78. The number of aromatic nitrogens is 4. The Labute approximate surface area is 331 Å². The Hall–Kier alpha value is -6.18. The summed E-state index contributed by atoms with van der Waals surface area (Å²) >= 11 is 0. The van der Waals surface area contributed by atoms with Gasteiger partial charge in [-0.1, -0.05) is 76.2 Å². The summed E-state index contributed by atoms with van der Waals surface area (Å²) in [6, 6.07) is 19.3. The molecule has 14 heteroatoms. The van der Waals surface area contributed by atoms with Crippen LogP contribution in [-0.4, -0.2) is 93.1 Å². The lowest BCUT2D eigenvalue weighted by atomic mass is 9.96. The average molecular weight is 775 g/mol. The maximum Gasteiger partial charge on any atom is 0.407 e. The Morgan fingerprint density at radius 3 is 1.60 bits per heavy atom. The normalized spacial score (nSPS) is 17.7. The number of carbonyl (C=O) groups excluding carboxylic acids is 4. The van der Waals surface area contributed by atoms with Gasteiger partial charge in [0.2, 0.25) is 11.8 Å². The molecule has 2 aromatic heterocycles. The molecule has 2 fully saturated rings. The van der Waals surface area contributed by atoms with Gasteiger partial charge >= 0.3 is 12.2 Å². The highest BCUT2D eigenvalue weighted by Gasteiger charge is 2.40. The Morgan fingerprint density at radius 1 is 0.632 bits per heavy atom. The van der Waals surface area contributed by atoms with E-state index in [9.17, 15) is 19.2 Å². The molecule has 298 valence electrons. The van der Waals surface area contributed by atoms with Crippen LogP contribution in [0.15, 0.2) is 73.1 Å². The summed E-state index contributed by atoms with van der Waals surface area (Å²) in [5.74, 6) is 0.955. The molecule has 5 aromatic rings. The van der Waals surface area contributed by atoms with Gasteiger partial charge < -0.3 is 39.9 Å². The van der Waals surface area contributed by atoms with E-state index in [1.54, 1.807) is 11.1 Å². The second kappa shape index (κ2) is 16.5. The van der Waals surface area contributed by atoms with E-state index in [1.165, 1.54) is 14.2 Å². The highest BCUT2D eigenvalue weighted by Crippen LogP contribution is 2.36. The van der Waals surface area contributed by atoms with Crippen molar-refractivity contribution in [2.45, 2.75) is 71.1 Å². The predicted octanol–water partition coefficient (Wildman–Crippen LogP) is 6.99. The van der Waals surface area contributed by atoms with Crippen LogP contribution < -0.4 is 10.6 Å². The average Bonchev–Trinajstić information content (AvgIpc) is 3.99. The Kier molecular flexibility index (Phi) is 11.3. The molecule has 2 aliphatic heterocycles. The Morgan fingerprint density at radius 2 is 1.09 bits per heavy atom. The first-order valence-corrected chi connectivity index (χ1v) is 19.5. The zero-order valence-corrected chi connectivity index (χ0v) is 33.2. The van der Waals surface area contributed by atoms with Crippen LogP contribution >= 0.6 is 0 Å². The van der Waals surface area contributed by atoms with Gasteiger partial charge in [-0.05, 0) is 70.7 Å². The van der Waals surface area contributed by atoms with Gasteiger partial charge in [-0.3, -0.25) is 9.59 Å². The molecular weight excluding hydrogens is 725 g/mol. The number of aromatic amines is 2. The molecule has 4 N–H and O–H groups in total. The topological polar surface area (TPSA) is 175 Å². The molecule has 1 unspecified atom stereocenters. The van der Waals surface area contributed by atoms with E-state index in [1.807, 2.05) is 38.8 Å². The number of H-pyrrole nitrogens is 2. The van der Waals surface area contributed by atoms with Crippen LogP contribution in [0.4, 0.5) is 9.59 Å². The fourth-order valence-electron chi connectivity index (χ4n) is 7.75. The molecule has 4 amide bonds. The van der Waals surface area contributed by atoms with E-state index < -0.39 is 24.3 Å². The molecule has 14 nitrogen and oxygen atoms in total. The number of amides is 4. The molecule has 2 saturated heterocycles. The molecule has 57 heavy (non-hydrogen) atoms. The van der Waals surface area contributed by atoms with Crippen molar-refractivity contribution in [2.75, 3.05) is 27.3 Å². The minimum absolute atomic E-state index is 0.100. The summed E-state index contributed by atoms with van der Waals surface area (Å²) in [5, 5.41) is 7.56. The van der Waals surface area contributed by atoms with E-state index in [2.05, 4.69) is 91.2 Å². The van der Waals surface area contributed by atoms with Crippen molar-refractivity contribution < 1.29 is 28.7 Å². The van der Waals surface area contributed by atoms with Crippen LogP contribution in [0.1, 0.15) is 70.7 Å². The molecule has 7 rings (SSSR count). The van der Waals surface area contributed by atoms with E-state index in [-0.39, 0.29) is 35.7 Å². The summed E-state index contributed by atoms with van der Waals surface area (Å²) in [7, 11) is 2.58. The lowest BCUT2D eigenvalue weighted by Gasteiger charge is -2.42. The van der Waals surface area contributed by atoms with Gasteiger partial charge in [0.15, 0.2) is 0 Å². The van der Waals surface area contributed by atoms with Crippen LogP contribution in [-0.2, 0) is 19.1 Å². The smallest absolute Gasteiger partial charge is 0.407 e. The third-order valence-corrected chi connectivity index (χ3v) is 11.1. The lowest BCUT2D eigenvalue weighted by molar-refractivity contribution is -0.142. The van der Waals surface area contributed by atoms with Crippen molar-refractivity contribution in [1.29, 1.82) is 0 Å².